The van der Waals surface area contributed by atoms with Crippen molar-refractivity contribution < 1.29 is 18.0 Å². The lowest BCUT2D eigenvalue weighted by Gasteiger charge is -2.20. The van der Waals surface area contributed by atoms with Crippen LogP contribution in [0.4, 0.5) is 11.4 Å². The zero-order valence-corrected chi connectivity index (χ0v) is 17.7. The van der Waals surface area contributed by atoms with E-state index in [-0.39, 0.29) is 32.3 Å². The van der Waals surface area contributed by atoms with E-state index in [2.05, 4.69) is 5.32 Å². The van der Waals surface area contributed by atoms with Crippen LogP contribution in [0.1, 0.15) is 26.3 Å². The van der Waals surface area contributed by atoms with Gasteiger partial charge in [0.15, 0.2) is 5.78 Å². The predicted octanol–water partition coefficient (Wildman–Crippen LogP) is 4.04. The number of halogens is 1. The lowest BCUT2D eigenvalue weighted by atomic mass is 10.0. The maximum atomic E-state index is 13.1. The van der Waals surface area contributed by atoms with Crippen LogP contribution >= 0.6 is 11.6 Å². The van der Waals surface area contributed by atoms with E-state index in [1.165, 1.54) is 30.3 Å². The number of ketones is 1. The second-order valence-corrected chi connectivity index (χ2v) is 9.37. The molecule has 1 N–H and O–H groups in total. The van der Waals surface area contributed by atoms with Gasteiger partial charge in [0.05, 0.1) is 21.2 Å². The number of carbonyl (C=O) groups excluding carboxylic acids is 2. The molecule has 152 valence electrons. The first-order valence-electron chi connectivity index (χ1n) is 9.01. The van der Waals surface area contributed by atoms with Crippen LogP contribution in [-0.2, 0) is 9.84 Å². The second-order valence-electron chi connectivity index (χ2n) is 7.05. The molecule has 1 aliphatic rings. The van der Waals surface area contributed by atoms with E-state index in [9.17, 15) is 18.0 Å². The molecule has 6 nitrogen and oxygen atoms in total. The minimum Gasteiger partial charge on any atom is -0.376 e. The van der Waals surface area contributed by atoms with Gasteiger partial charge in [-0.3, -0.25) is 9.59 Å². The van der Waals surface area contributed by atoms with Crippen molar-refractivity contribution in [3.8, 4) is 0 Å². The molecule has 4 rings (SSSR count). The van der Waals surface area contributed by atoms with E-state index in [1.807, 2.05) is 19.0 Å². The van der Waals surface area contributed by atoms with Gasteiger partial charge in [-0.15, -0.1) is 0 Å². The largest absolute Gasteiger partial charge is 0.376 e. The van der Waals surface area contributed by atoms with Gasteiger partial charge in [0, 0.05) is 35.8 Å². The van der Waals surface area contributed by atoms with Crippen molar-refractivity contribution in [3.05, 3.63) is 82.4 Å². The molecule has 1 heterocycles. The van der Waals surface area contributed by atoms with Crippen LogP contribution in [0.5, 0.6) is 0 Å². The number of carbonyl (C=O) groups is 2. The van der Waals surface area contributed by atoms with Crippen molar-refractivity contribution in [2.75, 3.05) is 24.3 Å². The third-order valence-electron chi connectivity index (χ3n) is 4.89. The number of hydrogen-bond donors (Lipinski definition) is 1. The van der Waals surface area contributed by atoms with Gasteiger partial charge in [0.25, 0.3) is 5.91 Å². The Balaban J connectivity index is 1.76. The summed E-state index contributed by atoms with van der Waals surface area (Å²) in [5.41, 5.74) is 1.54. The standard InChI is InChI=1S/C22H17ClN2O4S/c1-25(2)18-10-8-14(23)12-17(18)24-22(27)13-7-9-16-20(11-13)30(28,29)19-6-4-3-5-15(19)21(16)26/h3-12H,1-2H3,(H,24,27). The van der Waals surface area contributed by atoms with Gasteiger partial charge >= 0.3 is 0 Å². The van der Waals surface area contributed by atoms with Crippen LogP contribution in [0, 0.1) is 0 Å². The van der Waals surface area contributed by atoms with Gasteiger partial charge in [0.1, 0.15) is 0 Å². The van der Waals surface area contributed by atoms with E-state index < -0.39 is 15.7 Å². The summed E-state index contributed by atoms with van der Waals surface area (Å²) in [6, 6.07) is 15.2. The van der Waals surface area contributed by atoms with Crippen molar-refractivity contribution in [2.24, 2.45) is 0 Å². The van der Waals surface area contributed by atoms with E-state index in [1.54, 1.807) is 30.3 Å². The molecule has 0 unspecified atom stereocenters. The average Bonchev–Trinajstić information content (AvgIpc) is 2.72. The number of nitrogens with zero attached hydrogens (tertiary/aromatic N) is 1. The van der Waals surface area contributed by atoms with Crippen molar-refractivity contribution >= 4 is 44.5 Å². The minimum absolute atomic E-state index is 0.0511. The number of sulfone groups is 1. The molecule has 1 amide bonds. The van der Waals surface area contributed by atoms with Crippen LogP contribution in [0.3, 0.4) is 0 Å². The number of anilines is 2. The Bertz CT molecular complexity index is 1320. The summed E-state index contributed by atoms with van der Waals surface area (Å²) in [6.45, 7) is 0. The Morgan fingerprint density at radius 3 is 2.37 bits per heavy atom. The molecule has 0 bridgehead atoms. The highest BCUT2D eigenvalue weighted by Crippen LogP contribution is 2.35. The zero-order chi connectivity index (χ0) is 21.6. The molecule has 30 heavy (non-hydrogen) atoms. The molecule has 0 aliphatic carbocycles. The molecule has 3 aromatic carbocycles. The first kappa shape index (κ1) is 20.1. The van der Waals surface area contributed by atoms with Crippen molar-refractivity contribution in [2.45, 2.75) is 9.79 Å². The molecular weight excluding hydrogens is 424 g/mol. The van der Waals surface area contributed by atoms with Gasteiger partial charge < -0.3 is 10.2 Å². The summed E-state index contributed by atoms with van der Waals surface area (Å²) >= 11 is 6.06. The van der Waals surface area contributed by atoms with Gasteiger partial charge in [-0.2, -0.15) is 0 Å². The van der Waals surface area contributed by atoms with Crippen molar-refractivity contribution in [3.63, 3.8) is 0 Å². The maximum absolute atomic E-state index is 13.1. The highest BCUT2D eigenvalue weighted by atomic mass is 35.5. The monoisotopic (exact) mass is 440 g/mol. The Morgan fingerprint density at radius 2 is 1.63 bits per heavy atom. The number of rotatable bonds is 3. The Morgan fingerprint density at radius 1 is 0.933 bits per heavy atom. The zero-order valence-electron chi connectivity index (χ0n) is 16.1. The topological polar surface area (TPSA) is 83.6 Å². The van der Waals surface area contributed by atoms with E-state index in [0.29, 0.717) is 10.7 Å². The van der Waals surface area contributed by atoms with E-state index >= 15 is 0 Å². The summed E-state index contributed by atoms with van der Waals surface area (Å²) in [4.78, 5) is 27.2. The first-order valence-corrected chi connectivity index (χ1v) is 10.9. The van der Waals surface area contributed by atoms with Crippen LogP contribution in [0.15, 0.2) is 70.5 Å². The summed E-state index contributed by atoms with van der Waals surface area (Å²) in [5.74, 6) is -0.892. The third kappa shape index (κ3) is 3.26. The van der Waals surface area contributed by atoms with Gasteiger partial charge in [-0.1, -0.05) is 23.7 Å². The normalized spacial score (nSPS) is 13.9. The van der Waals surface area contributed by atoms with Crippen LogP contribution in [0.25, 0.3) is 0 Å². The molecule has 0 spiro atoms. The van der Waals surface area contributed by atoms with Crippen molar-refractivity contribution in [1.82, 2.24) is 0 Å². The molecule has 3 aromatic rings. The lowest BCUT2D eigenvalue weighted by molar-refractivity contribution is 0.101. The summed E-state index contributed by atoms with van der Waals surface area (Å²) in [7, 11) is -0.268. The van der Waals surface area contributed by atoms with Gasteiger partial charge in [0.2, 0.25) is 9.84 Å². The molecule has 0 saturated carbocycles. The van der Waals surface area contributed by atoms with E-state index in [4.69, 9.17) is 11.6 Å². The van der Waals surface area contributed by atoms with E-state index in [0.717, 1.165) is 5.69 Å². The lowest BCUT2D eigenvalue weighted by Crippen LogP contribution is -2.22. The fourth-order valence-corrected chi connectivity index (χ4v) is 5.27. The maximum Gasteiger partial charge on any atom is 0.255 e. The fraction of sp³-hybridized carbons (Fsp3) is 0.0909. The fourth-order valence-electron chi connectivity index (χ4n) is 3.42. The number of hydrogen-bond acceptors (Lipinski definition) is 5. The predicted molar refractivity (Wildman–Crippen MR) is 116 cm³/mol. The van der Waals surface area contributed by atoms with Crippen molar-refractivity contribution in [1.29, 1.82) is 0 Å². The number of nitrogens with one attached hydrogen (secondary N) is 1. The van der Waals surface area contributed by atoms with Gasteiger partial charge in [-0.05, 0) is 48.5 Å². The smallest absolute Gasteiger partial charge is 0.255 e. The van der Waals surface area contributed by atoms with Crippen LogP contribution in [-0.4, -0.2) is 34.2 Å². The Labute approximate surface area is 179 Å². The molecule has 1 aliphatic heterocycles. The molecule has 0 aromatic heterocycles. The summed E-state index contributed by atoms with van der Waals surface area (Å²) in [6.07, 6.45) is 0. The van der Waals surface area contributed by atoms with Crippen LogP contribution in [0.2, 0.25) is 5.02 Å². The number of benzene rings is 3. The molecule has 0 radical (unpaired) electrons. The Hall–Kier alpha value is -3.16. The molecule has 0 atom stereocenters. The number of fused-ring (bicyclic) bond motifs is 2. The van der Waals surface area contributed by atoms with Crippen LogP contribution < -0.4 is 10.2 Å². The summed E-state index contributed by atoms with van der Waals surface area (Å²) < 4.78 is 26.1. The SMILES string of the molecule is CN(C)c1ccc(Cl)cc1NC(=O)c1ccc2c(c1)S(=O)(=O)c1ccccc1C2=O. The molecule has 8 heteroatoms. The first-order chi connectivity index (χ1) is 14.2. The average molecular weight is 441 g/mol. The molecule has 0 saturated heterocycles. The summed E-state index contributed by atoms with van der Waals surface area (Å²) in [5, 5.41) is 3.22. The second kappa shape index (κ2) is 7.27. The highest BCUT2D eigenvalue weighted by molar-refractivity contribution is 7.91. The molecular formula is C22H17ClN2O4S. The quantitative estimate of drug-likeness (QED) is 0.520. The third-order valence-corrected chi connectivity index (χ3v) is 6.97. The number of amides is 1. The molecule has 0 fully saturated rings. The minimum atomic E-state index is -3.92. The van der Waals surface area contributed by atoms with Gasteiger partial charge in [-0.25, -0.2) is 8.42 Å². The highest BCUT2D eigenvalue weighted by Gasteiger charge is 2.35. The Kier molecular flexibility index (Phi) is 4.88.